The molecule has 2 amide bonds. The van der Waals surface area contributed by atoms with Gasteiger partial charge >= 0.3 is 0 Å². The lowest BCUT2D eigenvalue weighted by atomic mass is 10.1. The molecule has 2 aliphatic rings. The minimum absolute atomic E-state index is 0.112. The highest BCUT2D eigenvalue weighted by atomic mass is 35.5. The van der Waals surface area contributed by atoms with Crippen LogP contribution in [0.1, 0.15) is 33.6 Å². The fraction of sp³-hybridized carbons (Fsp3) is 0.304. The van der Waals surface area contributed by atoms with Gasteiger partial charge in [0.15, 0.2) is 5.82 Å². The molecular weight excluding hydrogens is 462 g/mol. The van der Waals surface area contributed by atoms with E-state index in [0.29, 0.717) is 41.7 Å². The van der Waals surface area contributed by atoms with E-state index >= 15 is 0 Å². The predicted molar refractivity (Wildman–Crippen MR) is 123 cm³/mol. The number of amides is 2. The van der Waals surface area contributed by atoms with Gasteiger partial charge in [-0.15, -0.1) is 0 Å². The molecule has 0 aliphatic carbocycles. The summed E-state index contributed by atoms with van der Waals surface area (Å²) in [5.41, 5.74) is 0.699. The predicted octanol–water partition coefficient (Wildman–Crippen LogP) is 3.52. The molecule has 0 spiro atoms. The molecule has 34 heavy (non-hydrogen) atoms. The molecule has 0 radical (unpaired) electrons. The normalized spacial score (nSPS) is 17.2. The zero-order valence-electron chi connectivity index (χ0n) is 18.1. The second-order valence-electron chi connectivity index (χ2n) is 7.97. The summed E-state index contributed by atoms with van der Waals surface area (Å²) >= 11 is 6.37. The molecule has 10 nitrogen and oxygen atoms in total. The zero-order chi connectivity index (χ0) is 23.5. The lowest BCUT2D eigenvalue weighted by Gasteiger charge is -2.30. The Hall–Kier alpha value is -3.63. The SMILES string of the molecule is O=C(Nc1cc[nH]n1)c1cc(Oc2ncc(C(=O)N3CCC3)cc2Cl)cc(O[C@H]2CCOC2)c1. The number of benzene rings is 1. The number of aromatic nitrogens is 3. The molecule has 2 saturated heterocycles. The van der Waals surface area contributed by atoms with E-state index in [9.17, 15) is 9.59 Å². The molecule has 11 heteroatoms. The maximum atomic E-state index is 12.8. The second kappa shape index (κ2) is 9.70. The van der Waals surface area contributed by atoms with Gasteiger partial charge in [-0.1, -0.05) is 11.6 Å². The molecule has 2 N–H and O–H groups in total. The molecule has 0 bridgehead atoms. The van der Waals surface area contributed by atoms with Crippen molar-refractivity contribution in [1.82, 2.24) is 20.1 Å². The summed E-state index contributed by atoms with van der Waals surface area (Å²) in [4.78, 5) is 31.2. The molecular formula is C23H22ClN5O5. The number of carbonyl (C=O) groups excluding carboxylic acids is 2. The molecule has 0 saturated carbocycles. The Morgan fingerprint density at radius 1 is 1.18 bits per heavy atom. The van der Waals surface area contributed by atoms with E-state index in [4.69, 9.17) is 25.8 Å². The largest absolute Gasteiger partial charge is 0.488 e. The van der Waals surface area contributed by atoms with E-state index in [-0.39, 0.29) is 28.8 Å². The monoisotopic (exact) mass is 483 g/mol. The van der Waals surface area contributed by atoms with E-state index in [1.54, 1.807) is 35.4 Å². The number of rotatable bonds is 7. The number of pyridine rings is 1. The molecule has 2 fully saturated rings. The Kier molecular flexibility index (Phi) is 6.33. The highest BCUT2D eigenvalue weighted by Crippen LogP contribution is 2.32. The maximum Gasteiger partial charge on any atom is 0.257 e. The van der Waals surface area contributed by atoms with E-state index < -0.39 is 0 Å². The average molecular weight is 484 g/mol. The number of nitrogens with one attached hydrogen (secondary N) is 2. The molecule has 3 aromatic rings. The Bertz CT molecular complexity index is 1190. The third-order valence-electron chi connectivity index (χ3n) is 5.49. The first-order chi connectivity index (χ1) is 16.5. The van der Waals surface area contributed by atoms with Crippen LogP contribution >= 0.6 is 11.6 Å². The number of hydrogen-bond donors (Lipinski definition) is 2. The number of nitrogens with zero attached hydrogens (tertiary/aromatic N) is 3. The van der Waals surface area contributed by atoms with Crippen LogP contribution in [-0.4, -0.2) is 64.3 Å². The van der Waals surface area contributed by atoms with Crippen LogP contribution in [-0.2, 0) is 4.74 Å². The average Bonchev–Trinajstić information content (AvgIpc) is 3.48. The lowest BCUT2D eigenvalue weighted by Crippen LogP contribution is -2.42. The van der Waals surface area contributed by atoms with Crippen molar-refractivity contribution in [1.29, 1.82) is 0 Å². The Labute approximate surface area is 200 Å². The van der Waals surface area contributed by atoms with Gasteiger partial charge in [0, 0.05) is 49.6 Å². The Morgan fingerprint density at radius 2 is 2.03 bits per heavy atom. The van der Waals surface area contributed by atoms with Gasteiger partial charge in [-0.05, 0) is 24.6 Å². The van der Waals surface area contributed by atoms with Crippen molar-refractivity contribution in [3.8, 4) is 17.4 Å². The van der Waals surface area contributed by atoms with Crippen LogP contribution < -0.4 is 14.8 Å². The summed E-state index contributed by atoms with van der Waals surface area (Å²) in [5.74, 6) is 0.746. The summed E-state index contributed by atoms with van der Waals surface area (Å²) in [6, 6.07) is 8.00. The zero-order valence-corrected chi connectivity index (χ0v) is 18.9. The van der Waals surface area contributed by atoms with Gasteiger partial charge in [-0.25, -0.2) is 4.98 Å². The van der Waals surface area contributed by atoms with Crippen molar-refractivity contribution in [2.24, 2.45) is 0 Å². The number of aromatic amines is 1. The minimum atomic E-state index is -0.389. The van der Waals surface area contributed by atoms with Gasteiger partial charge in [-0.3, -0.25) is 14.7 Å². The van der Waals surface area contributed by atoms with Gasteiger partial charge in [0.2, 0.25) is 5.88 Å². The van der Waals surface area contributed by atoms with E-state index in [2.05, 4.69) is 20.5 Å². The number of H-pyrrole nitrogens is 1. The molecule has 2 aromatic heterocycles. The molecule has 1 atom stereocenters. The molecule has 0 unspecified atom stereocenters. The van der Waals surface area contributed by atoms with Crippen molar-refractivity contribution in [3.63, 3.8) is 0 Å². The highest BCUT2D eigenvalue weighted by Gasteiger charge is 2.23. The van der Waals surface area contributed by atoms with Crippen molar-refractivity contribution >= 4 is 29.2 Å². The van der Waals surface area contributed by atoms with Crippen molar-refractivity contribution in [3.05, 3.63) is 58.9 Å². The summed E-state index contributed by atoms with van der Waals surface area (Å²) < 4.78 is 17.3. The minimum Gasteiger partial charge on any atom is -0.488 e. The summed E-state index contributed by atoms with van der Waals surface area (Å²) in [7, 11) is 0. The Balaban J connectivity index is 1.39. The third kappa shape index (κ3) is 4.97. The number of ether oxygens (including phenoxy) is 3. The molecule has 1 aromatic carbocycles. The van der Waals surface area contributed by atoms with Gasteiger partial charge in [-0.2, -0.15) is 5.10 Å². The number of likely N-dealkylation sites (tertiary alicyclic amines) is 1. The number of halogens is 1. The first-order valence-electron chi connectivity index (χ1n) is 10.9. The van der Waals surface area contributed by atoms with Crippen LogP contribution in [0.4, 0.5) is 5.82 Å². The van der Waals surface area contributed by atoms with Crippen LogP contribution in [0.15, 0.2) is 42.7 Å². The first kappa shape index (κ1) is 22.2. The fourth-order valence-electron chi connectivity index (χ4n) is 3.58. The molecule has 4 heterocycles. The maximum absolute atomic E-state index is 12.8. The van der Waals surface area contributed by atoms with Crippen LogP contribution in [0.25, 0.3) is 0 Å². The van der Waals surface area contributed by atoms with Gasteiger partial charge in [0.05, 0.1) is 18.8 Å². The third-order valence-corrected chi connectivity index (χ3v) is 5.76. The lowest BCUT2D eigenvalue weighted by molar-refractivity contribution is 0.0651. The van der Waals surface area contributed by atoms with Crippen LogP contribution in [0.3, 0.4) is 0 Å². The number of carbonyl (C=O) groups is 2. The van der Waals surface area contributed by atoms with Crippen LogP contribution in [0.2, 0.25) is 5.02 Å². The van der Waals surface area contributed by atoms with Crippen LogP contribution in [0, 0.1) is 0 Å². The molecule has 2 aliphatic heterocycles. The van der Waals surface area contributed by atoms with E-state index in [1.165, 1.54) is 12.3 Å². The molecule has 176 valence electrons. The van der Waals surface area contributed by atoms with Gasteiger partial charge in [0.25, 0.3) is 11.8 Å². The highest BCUT2D eigenvalue weighted by molar-refractivity contribution is 6.32. The number of anilines is 1. The van der Waals surface area contributed by atoms with Crippen molar-refractivity contribution < 1.29 is 23.8 Å². The summed E-state index contributed by atoms with van der Waals surface area (Å²) in [6.07, 6.45) is 4.66. The van der Waals surface area contributed by atoms with Gasteiger partial charge < -0.3 is 24.4 Å². The van der Waals surface area contributed by atoms with Gasteiger partial charge in [0.1, 0.15) is 22.6 Å². The first-order valence-corrected chi connectivity index (χ1v) is 11.3. The topological polar surface area (TPSA) is 119 Å². The van der Waals surface area contributed by atoms with Crippen LogP contribution in [0.5, 0.6) is 17.4 Å². The second-order valence-corrected chi connectivity index (χ2v) is 8.38. The quantitative estimate of drug-likeness (QED) is 0.527. The molecule has 5 rings (SSSR count). The van der Waals surface area contributed by atoms with Crippen molar-refractivity contribution in [2.45, 2.75) is 18.9 Å². The van der Waals surface area contributed by atoms with E-state index in [1.807, 2.05) is 0 Å². The Morgan fingerprint density at radius 3 is 2.71 bits per heavy atom. The fourth-order valence-corrected chi connectivity index (χ4v) is 3.78. The standard InChI is InChI=1S/C23H22ClN5O5/c24-19-10-15(23(31)29-5-1-6-29)12-25-22(19)34-18-9-14(21(30)27-20-2-4-26-28-20)8-17(11-18)33-16-3-7-32-13-16/h2,4,8-12,16H,1,3,5-7,13H2,(H2,26,27,28,30)/t16-/m0/s1. The van der Waals surface area contributed by atoms with Crippen molar-refractivity contribution in [2.75, 3.05) is 31.6 Å². The van der Waals surface area contributed by atoms with E-state index in [0.717, 1.165) is 25.9 Å². The number of hydrogen-bond acceptors (Lipinski definition) is 7. The summed E-state index contributed by atoms with van der Waals surface area (Å²) in [5, 5.41) is 9.47. The summed E-state index contributed by atoms with van der Waals surface area (Å²) in [6.45, 7) is 2.56. The smallest absolute Gasteiger partial charge is 0.257 e.